The molecule has 1 amide bonds. The lowest BCUT2D eigenvalue weighted by Crippen LogP contribution is -2.41. The van der Waals surface area contributed by atoms with Crippen molar-refractivity contribution < 1.29 is 19.0 Å². The zero-order chi connectivity index (χ0) is 29.8. The van der Waals surface area contributed by atoms with E-state index in [9.17, 15) is 14.3 Å². The zero-order valence-corrected chi connectivity index (χ0v) is 24.9. The lowest BCUT2D eigenvalue weighted by molar-refractivity contribution is 0.0383. The summed E-state index contributed by atoms with van der Waals surface area (Å²) in [5, 5.41) is 17.2. The quantitative estimate of drug-likeness (QED) is 0.206. The number of nitrogen functional groups attached to an aromatic ring is 1. The molecule has 0 radical (unpaired) electrons. The van der Waals surface area contributed by atoms with Crippen LogP contribution in [0.4, 0.5) is 21.0 Å². The summed E-state index contributed by atoms with van der Waals surface area (Å²) in [6, 6.07) is 7.16. The zero-order valence-electron chi connectivity index (χ0n) is 24.1. The summed E-state index contributed by atoms with van der Waals surface area (Å²) < 4.78 is 16.4. The molecular weight excluding hydrogens is 517 g/mol. The second-order valence-corrected chi connectivity index (χ2v) is 9.06. The van der Waals surface area contributed by atoms with Crippen molar-refractivity contribution in [2.45, 2.75) is 46.6 Å². The third-order valence-electron chi connectivity index (χ3n) is 5.12. The maximum atomic E-state index is 12.3. The van der Waals surface area contributed by atoms with Crippen molar-refractivity contribution in [2.24, 2.45) is 0 Å². The van der Waals surface area contributed by atoms with Crippen LogP contribution in [0.3, 0.4) is 0 Å². The monoisotopic (exact) mass is 563 g/mol. The Labute approximate surface area is 237 Å². The Bertz CT molecular complexity index is 1000. The van der Waals surface area contributed by atoms with E-state index in [1.807, 2.05) is 39.8 Å². The van der Waals surface area contributed by atoms with Crippen molar-refractivity contribution in [3.63, 3.8) is 0 Å². The number of morpholine rings is 1. The number of carbonyl (C=O) groups is 1. The highest BCUT2D eigenvalue weighted by Gasteiger charge is 2.28. The standard InChI is InChI=1S/C21H29N5O3S.C4H5F.2C2H6/c1-3-8-21(2,28)17-18(22)25-20(30-17)24-16-6-4-15(5-7-16)19(27)23-9-10-26-11-13-29-14-12-26;1-3-4(2)5;2*1-2/h3-7,28H,1,8-14,22H2,2H3,(H,23,27)(H,24,25);3H,1-2H2;2*1-2H3. The van der Waals surface area contributed by atoms with Gasteiger partial charge in [0.1, 0.15) is 17.2 Å². The Balaban J connectivity index is 0.00000142. The Morgan fingerprint density at radius 2 is 1.79 bits per heavy atom. The molecule has 3 rings (SSSR count). The van der Waals surface area contributed by atoms with Crippen LogP contribution >= 0.6 is 11.3 Å². The molecule has 218 valence electrons. The minimum Gasteiger partial charge on any atom is -0.384 e. The first-order chi connectivity index (χ1) is 18.7. The van der Waals surface area contributed by atoms with Crippen LogP contribution in [0.15, 0.2) is 62.0 Å². The number of aliphatic hydroxyl groups is 1. The number of benzene rings is 1. The normalized spacial score (nSPS) is 13.9. The number of hydrogen-bond acceptors (Lipinski definition) is 8. The van der Waals surface area contributed by atoms with Gasteiger partial charge >= 0.3 is 0 Å². The lowest BCUT2D eigenvalue weighted by atomic mass is 10.0. The van der Waals surface area contributed by atoms with Gasteiger partial charge in [-0.05, 0) is 43.7 Å². The molecule has 1 saturated heterocycles. The van der Waals surface area contributed by atoms with Crippen molar-refractivity contribution >= 4 is 33.9 Å². The van der Waals surface area contributed by atoms with Crippen LogP contribution in [0.25, 0.3) is 0 Å². The number of thiazole rings is 1. The summed E-state index contributed by atoms with van der Waals surface area (Å²) in [7, 11) is 0. The maximum absolute atomic E-state index is 12.3. The fourth-order valence-electron chi connectivity index (χ4n) is 3.23. The van der Waals surface area contributed by atoms with E-state index < -0.39 is 11.4 Å². The molecule has 0 bridgehead atoms. The van der Waals surface area contributed by atoms with Crippen LogP contribution in [0.1, 0.15) is 56.3 Å². The van der Waals surface area contributed by atoms with E-state index in [0.717, 1.165) is 44.6 Å². The van der Waals surface area contributed by atoms with E-state index in [1.165, 1.54) is 11.3 Å². The predicted molar refractivity (Wildman–Crippen MR) is 163 cm³/mol. The number of halogens is 1. The van der Waals surface area contributed by atoms with Crippen molar-refractivity contribution in [2.75, 3.05) is 50.4 Å². The topological polar surface area (TPSA) is 113 Å². The summed E-state index contributed by atoms with van der Waals surface area (Å²) >= 11 is 1.30. The number of carbonyl (C=O) groups excluding carboxylic acids is 1. The molecule has 0 saturated carbocycles. The average molecular weight is 564 g/mol. The van der Waals surface area contributed by atoms with E-state index in [2.05, 4.69) is 40.3 Å². The van der Waals surface area contributed by atoms with Gasteiger partial charge in [0.15, 0.2) is 5.13 Å². The van der Waals surface area contributed by atoms with Gasteiger partial charge in [-0.1, -0.05) is 58.3 Å². The molecule has 0 aliphatic carbocycles. The summed E-state index contributed by atoms with van der Waals surface area (Å²) in [5.41, 5.74) is 6.25. The van der Waals surface area contributed by atoms with Crippen LogP contribution in [0.5, 0.6) is 0 Å². The predicted octanol–water partition coefficient (Wildman–Crippen LogP) is 6.02. The molecule has 1 fully saturated rings. The summed E-state index contributed by atoms with van der Waals surface area (Å²) in [4.78, 5) is 19.5. The van der Waals surface area contributed by atoms with Gasteiger partial charge in [0.05, 0.1) is 18.1 Å². The fourth-order valence-corrected chi connectivity index (χ4v) is 4.19. The first-order valence-corrected chi connectivity index (χ1v) is 14.0. The Morgan fingerprint density at radius 3 is 2.31 bits per heavy atom. The molecule has 5 N–H and O–H groups in total. The molecule has 39 heavy (non-hydrogen) atoms. The lowest BCUT2D eigenvalue weighted by Gasteiger charge is -2.26. The van der Waals surface area contributed by atoms with E-state index in [0.29, 0.717) is 34.4 Å². The van der Waals surface area contributed by atoms with Crippen LogP contribution in [-0.2, 0) is 10.3 Å². The second kappa shape index (κ2) is 19.9. The Kier molecular flexibility index (Phi) is 18.4. The molecule has 2 heterocycles. The highest BCUT2D eigenvalue weighted by molar-refractivity contribution is 7.16. The number of nitrogens with two attached hydrogens (primary N) is 1. The van der Waals surface area contributed by atoms with Crippen LogP contribution in [0.2, 0.25) is 0 Å². The van der Waals surface area contributed by atoms with Crippen molar-refractivity contribution in [3.05, 3.63) is 72.4 Å². The van der Waals surface area contributed by atoms with Gasteiger partial charge in [-0.3, -0.25) is 9.69 Å². The van der Waals surface area contributed by atoms with Crippen molar-refractivity contribution in [3.8, 4) is 0 Å². The van der Waals surface area contributed by atoms with E-state index in [-0.39, 0.29) is 5.91 Å². The van der Waals surface area contributed by atoms with E-state index in [1.54, 1.807) is 25.1 Å². The molecule has 1 unspecified atom stereocenters. The first-order valence-electron chi connectivity index (χ1n) is 13.2. The number of allylic oxidation sites excluding steroid dienone is 2. The van der Waals surface area contributed by atoms with Gasteiger partial charge in [0.25, 0.3) is 5.91 Å². The summed E-state index contributed by atoms with van der Waals surface area (Å²) in [6.07, 6.45) is 3.09. The smallest absolute Gasteiger partial charge is 0.251 e. The number of amides is 1. The van der Waals surface area contributed by atoms with Crippen LogP contribution in [-0.4, -0.2) is 60.3 Å². The van der Waals surface area contributed by atoms with Gasteiger partial charge in [-0.25, -0.2) is 9.37 Å². The number of rotatable bonds is 10. The number of aromatic nitrogens is 1. The molecule has 1 aromatic heterocycles. The minimum absolute atomic E-state index is 0.101. The van der Waals surface area contributed by atoms with Gasteiger partial charge in [0, 0.05) is 37.4 Å². The molecule has 10 heteroatoms. The summed E-state index contributed by atoms with van der Waals surface area (Å²) in [5.74, 6) is -0.285. The van der Waals surface area contributed by atoms with Crippen molar-refractivity contribution in [1.82, 2.24) is 15.2 Å². The van der Waals surface area contributed by atoms with Gasteiger partial charge in [-0.2, -0.15) is 0 Å². The fraction of sp³-hybridized carbons (Fsp3) is 0.448. The van der Waals surface area contributed by atoms with E-state index in [4.69, 9.17) is 10.5 Å². The number of hydrogen-bond donors (Lipinski definition) is 4. The van der Waals surface area contributed by atoms with Gasteiger partial charge in [0.2, 0.25) is 0 Å². The Morgan fingerprint density at radius 1 is 1.23 bits per heavy atom. The molecular formula is C29H46FN5O3S. The SMILES string of the molecule is C=CC(=C)F.C=CCC(C)(O)c1sc(Nc2ccc(C(=O)NCCN3CCOCC3)cc2)nc1N.CC.CC. The maximum Gasteiger partial charge on any atom is 0.251 e. The first kappa shape index (κ1) is 35.9. The molecule has 1 aromatic carbocycles. The largest absolute Gasteiger partial charge is 0.384 e. The average Bonchev–Trinajstić information content (AvgIpc) is 3.33. The highest BCUT2D eigenvalue weighted by Crippen LogP contribution is 2.37. The highest BCUT2D eigenvalue weighted by atomic mass is 32.1. The van der Waals surface area contributed by atoms with Gasteiger partial charge < -0.3 is 26.2 Å². The molecule has 1 aliphatic rings. The third kappa shape index (κ3) is 13.5. The van der Waals surface area contributed by atoms with Crippen LogP contribution in [0, 0.1) is 0 Å². The van der Waals surface area contributed by atoms with Crippen LogP contribution < -0.4 is 16.4 Å². The van der Waals surface area contributed by atoms with E-state index >= 15 is 0 Å². The molecule has 2 aromatic rings. The number of ether oxygens (including phenoxy) is 1. The molecule has 8 nitrogen and oxygen atoms in total. The number of nitrogens with zero attached hydrogens (tertiary/aromatic N) is 2. The molecule has 1 aliphatic heterocycles. The van der Waals surface area contributed by atoms with Crippen molar-refractivity contribution in [1.29, 1.82) is 0 Å². The Hall–Kier alpha value is -3.05. The number of anilines is 3. The second-order valence-electron chi connectivity index (χ2n) is 8.06. The minimum atomic E-state index is -1.10. The third-order valence-corrected chi connectivity index (χ3v) is 6.36. The number of nitrogens with one attached hydrogen (secondary N) is 2. The summed E-state index contributed by atoms with van der Waals surface area (Å²) in [6.45, 7) is 24.1. The molecule has 0 spiro atoms. The molecule has 1 atom stereocenters. The van der Waals surface area contributed by atoms with Gasteiger partial charge in [-0.15, -0.1) is 6.58 Å².